The van der Waals surface area contributed by atoms with Crippen molar-refractivity contribution >= 4 is 33.2 Å². The van der Waals surface area contributed by atoms with Gasteiger partial charge in [-0.3, -0.25) is 9.59 Å². The number of anilines is 2. The summed E-state index contributed by atoms with van der Waals surface area (Å²) in [6.45, 7) is 1.96. The molecule has 3 rings (SSSR count). The topological polar surface area (TPSA) is 114 Å². The van der Waals surface area contributed by atoms with Gasteiger partial charge in [0.15, 0.2) is 11.5 Å². The quantitative estimate of drug-likeness (QED) is 0.639. The predicted octanol–water partition coefficient (Wildman–Crippen LogP) is 1.92. The molecule has 0 radical (unpaired) electrons. The number of hydrogen-bond acceptors (Lipinski definition) is 6. The Labute approximate surface area is 181 Å². The maximum absolute atomic E-state index is 12.6. The molecule has 0 saturated carbocycles. The molecule has 0 fully saturated rings. The van der Waals surface area contributed by atoms with Gasteiger partial charge < -0.3 is 19.7 Å². The predicted molar refractivity (Wildman–Crippen MR) is 116 cm³/mol. The first kappa shape index (κ1) is 22.6. The minimum Gasteiger partial charge on any atom is -0.493 e. The highest BCUT2D eigenvalue weighted by Crippen LogP contribution is 2.31. The first-order chi connectivity index (χ1) is 14.7. The van der Waals surface area contributed by atoms with Crippen molar-refractivity contribution in [2.75, 3.05) is 37.5 Å². The summed E-state index contributed by atoms with van der Waals surface area (Å²) >= 11 is 0. The molecule has 0 spiro atoms. The van der Waals surface area contributed by atoms with Gasteiger partial charge in [0.05, 0.1) is 19.1 Å². The van der Waals surface area contributed by atoms with E-state index in [1.807, 2.05) is 0 Å². The highest BCUT2D eigenvalue weighted by atomic mass is 32.2. The number of sulfonamides is 1. The van der Waals surface area contributed by atoms with Crippen LogP contribution in [-0.4, -0.2) is 47.5 Å². The van der Waals surface area contributed by atoms with Gasteiger partial charge in [-0.1, -0.05) is 0 Å². The number of benzene rings is 2. The van der Waals surface area contributed by atoms with Crippen LogP contribution in [0.2, 0.25) is 0 Å². The highest BCUT2D eigenvalue weighted by Gasteiger charge is 2.24. The van der Waals surface area contributed by atoms with Crippen LogP contribution in [0, 0.1) is 0 Å². The molecular formula is C21H25N3O6S. The van der Waals surface area contributed by atoms with Gasteiger partial charge in [0.1, 0.15) is 0 Å². The lowest BCUT2D eigenvalue weighted by Gasteiger charge is -2.15. The number of ether oxygens (including phenoxy) is 2. The molecule has 0 atom stereocenters. The molecule has 2 N–H and O–H groups in total. The number of rotatable bonds is 8. The van der Waals surface area contributed by atoms with E-state index in [4.69, 9.17) is 9.47 Å². The molecule has 2 aromatic rings. The van der Waals surface area contributed by atoms with Gasteiger partial charge in [0.2, 0.25) is 21.8 Å². The molecule has 2 amide bonds. The molecule has 0 saturated heterocycles. The average Bonchev–Trinajstić information content (AvgIpc) is 3.17. The molecule has 10 heteroatoms. The molecule has 0 bridgehead atoms. The summed E-state index contributed by atoms with van der Waals surface area (Å²) in [5, 5.41) is 2.70. The van der Waals surface area contributed by atoms with Crippen LogP contribution < -0.4 is 24.4 Å². The van der Waals surface area contributed by atoms with E-state index >= 15 is 0 Å². The lowest BCUT2D eigenvalue weighted by molar-refractivity contribution is -0.117. The van der Waals surface area contributed by atoms with Crippen molar-refractivity contribution in [3.63, 3.8) is 0 Å². The smallest absolute Gasteiger partial charge is 0.240 e. The Hall–Kier alpha value is -3.11. The fourth-order valence-corrected chi connectivity index (χ4v) is 4.47. The third kappa shape index (κ3) is 5.15. The number of fused-ring (bicyclic) bond motifs is 1. The monoisotopic (exact) mass is 447 g/mol. The Morgan fingerprint density at radius 2 is 1.81 bits per heavy atom. The van der Waals surface area contributed by atoms with Crippen LogP contribution in [0.5, 0.6) is 11.5 Å². The Kier molecular flexibility index (Phi) is 6.81. The molecule has 0 aromatic heterocycles. The van der Waals surface area contributed by atoms with E-state index in [0.29, 0.717) is 30.2 Å². The van der Waals surface area contributed by atoms with Crippen molar-refractivity contribution in [3.05, 3.63) is 42.0 Å². The standard InChI is InChI=1S/C21H25N3O6S/c1-14(25)24-11-9-15-12-17(5-6-18(15)24)31(27,28)22-10-8-21(26)23-16-4-7-19(29-2)20(13-16)30-3/h4-7,12-13,22H,8-11H2,1-3H3,(H,23,26). The Bertz CT molecular complexity index is 1100. The number of carbonyl (C=O) groups is 2. The molecule has 1 aliphatic rings. The van der Waals surface area contributed by atoms with Crippen LogP contribution in [0.1, 0.15) is 18.9 Å². The van der Waals surface area contributed by atoms with Crippen molar-refractivity contribution < 1.29 is 27.5 Å². The summed E-state index contributed by atoms with van der Waals surface area (Å²) < 4.78 is 38.0. The zero-order chi connectivity index (χ0) is 22.6. The molecule has 31 heavy (non-hydrogen) atoms. The van der Waals surface area contributed by atoms with E-state index in [9.17, 15) is 18.0 Å². The Balaban J connectivity index is 1.58. The summed E-state index contributed by atoms with van der Waals surface area (Å²) in [4.78, 5) is 25.6. The van der Waals surface area contributed by atoms with Gasteiger partial charge >= 0.3 is 0 Å². The molecule has 0 aliphatic carbocycles. The van der Waals surface area contributed by atoms with E-state index in [-0.39, 0.29) is 29.7 Å². The van der Waals surface area contributed by atoms with E-state index in [1.165, 1.54) is 27.2 Å². The zero-order valence-corrected chi connectivity index (χ0v) is 18.4. The molecule has 0 unspecified atom stereocenters. The molecular weight excluding hydrogens is 422 g/mol. The second-order valence-corrected chi connectivity index (χ2v) is 8.74. The van der Waals surface area contributed by atoms with Gasteiger partial charge in [-0.2, -0.15) is 0 Å². The summed E-state index contributed by atoms with van der Waals surface area (Å²) in [7, 11) is -0.766. The second-order valence-electron chi connectivity index (χ2n) is 6.98. The van der Waals surface area contributed by atoms with Crippen molar-refractivity contribution in [2.45, 2.75) is 24.7 Å². The lowest BCUT2D eigenvalue weighted by Crippen LogP contribution is -2.28. The maximum Gasteiger partial charge on any atom is 0.240 e. The number of carbonyl (C=O) groups excluding carboxylic acids is 2. The van der Waals surface area contributed by atoms with Crippen molar-refractivity contribution in [1.29, 1.82) is 0 Å². The van der Waals surface area contributed by atoms with E-state index in [1.54, 1.807) is 35.2 Å². The summed E-state index contributed by atoms with van der Waals surface area (Å²) in [5.41, 5.74) is 2.06. The van der Waals surface area contributed by atoms with Crippen molar-refractivity contribution in [3.8, 4) is 11.5 Å². The highest BCUT2D eigenvalue weighted by molar-refractivity contribution is 7.89. The van der Waals surface area contributed by atoms with E-state index in [2.05, 4.69) is 10.0 Å². The Morgan fingerprint density at radius 1 is 1.06 bits per heavy atom. The normalized spacial score (nSPS) is 12.9. The van der Waals surface area contributed by atoms with Crippen LogP contribution in [0.15, 0.2) is 41.3 Å². The molecule has 1 aliphatic heterocycles. The molecule has 2 aromatic carbocycles. The van der Waals surface area contributed by atoms with Gasteiger partial charge in [0.25, 0.3) is 0 Å². The SMILES string of the molecule is COc1ccc(NC(=O)CCNS(=O)(=O)c2ccc3c(c2)CCN3C(C)=O)cc1OC. The largest absolute Gasteiger partial charge is 0.493 e. The first-order valence-electron chi connectivity index (χ1n) is 9.67. The second kappa shape index (κ2) is 9.36. The molecule has 9 nitrogen and oxygen atoms in total. The van der Waals surface area contributed by atoms with Crippen LogP contribution in [0.4, 0.5) is 11.4 Å². The first-order valence-corrected chi connectivity index (χ1v) is 11.2. The number of hydrogen-bond donors (Lipinski definition) is 2. The average molecular weight is 448 g/mol. The van der Waals surface area contributed by atoms with Gasteiger partial charge in [-0.05, 0) is 42.3 Å². The number of nitrogens with one attached hydrogen (secondary N) is 2. The van der Waals surface area contributed by atoms with Crippen LogP contribution in [0.3, 0.4) is 0 Å². The summed E-state index contributed by atoms with van der Waals surface area (Å²) in [6.07, 6.45) is 0.558. The van der Waals surface area contributed by atoms with E-state index in [0.717, 1.165) is 11.3 Å². The van der Waals surface area contributed by atoms with Crippen LogP contribution in [-0.2, 0) is 26.0 Å². The molecule has 166 valence electrons. The lowest BCUT2D eigenvalue weighted by atomic mass is 10.2. The minimum absolute atomic E-state index is 0.0450. The fourth-order valence-electron chi connectivity index (χ4n) is 3.39. The number of nitrogens with zero attached hydrogens (tertiary/aromatic N) is 1. The molecule has 1 heterocycles. The Morgan fingerprint density at radius 3 is 2.48 bits per heavy atom. The number of methoxy groups -OCH3 is 2. The summed E-state index contributed by atoms with van der Waals surface area (Å²) in [5.74, 6) is 0.587. The maximum atomic E-state index is 12.6. The third-order valence-electron chi connectivity index (χ3n) is 4.95. The van der Waals surface area contributed by atoms with Gasteiger partial charge in [-0.15, -0.1) is 0 Å². The van der Waals surface area contributed by atoms with Crippen LogP contribution >= 0.6 is 0 Å². The van der Waals surface area contributed by atoms with Crippen molar-refractivity contribution in [1.82, 2.24) is 4.72 Å². The number of amides is 2. The third-order valence-corrected chi connectivity index (χ3v) is 6.41. The zero-order valence-electron chi connectivity index (χ0n) is 17.6. The van der Waals surface area contributed by atoms with Gasteiger partial charge in [0, 0.05) is 43.9 Å². The van der Waals surface area contributed by atoms with Gasteiger partial charge in [-0.25, -0.2) is 13.1 Å². The van der Waals surface area contributed by atoms with Crippen molar-refractivity contribution in [2.24, 2.45) is 0 Å². The minimum atomic E-state index is -3.78. The van der Waals surface area contributed by atoms with E-state index < -0.39 is 10.0 Å². The fraction of sp³-hybridized carbons (Fsp3) is 0.333. The van der Waals surface area contributed by atoms with Crippen LogP contribution in [0.25, 0.3) is 0 Å². The summed E-state index contributed by atoms with van der Waals surface area (Å²) in [6, 6.07) is 9.63.